The van der Waals surface area contributed by atoms with Gasteiger partial charge in [-0.2, -0.15) is 0 Å². The summed E-state index contributed by atoms with van der Waals surface area (Å²) in [6, 6.07) is 8.19. The molecule has 2 aromatic rings. The van der Waals surface area contributed by atoms with Crippen LogP contribution in [0.4, 0.5) is 8.78 Å². The first kappa shape index (κ1) is 21.3. The van der Waals surface area contributed by atoms with Crippen LogP contribution >= 0.6 is 27.5 Å². The molecule has 1 saturated carbocycles. The third kappa shape index (κ3) is 3.80. The second kappa shape index (κ2) is 8.10. The summed E-state index contributed by atoms with van der Waals surface area (Å²) >= 11 is 9.88. The van der Waals surface area contributed by atoms with Crippen molar-refractivity contribution in [1.82, 2.24) is 10.2 Å². The molecule has 1 amide bonds. The quantitative estimate of drug-likeness (QED) is 0.634. The maximum absolute atomic E-state index is 14.1. The number of carbonyl (C=O) groups is 1. The molecular weight excluding hydrogens is 490 g/mol. The number of amides is 1. The normalized spacial score (nSPS) is 25.0. The van der Waals surface area contributed by atoms with Crippen molar-refractivity contribution in [2.75, 3.05) is 13.1 Å². The van der Waals surface area contributed by atoms with Crippen LogP contribution in [0.3, 0.4) is 0 Å². The number of ether oxygens (including phenoxy) is 1. The fourth-order valence-electron chi connectivity index (χ4n) is 4.85. The average molecular weight is 512 g/mol. The van der Waals surface area contributed by atoms with Crippen molar-refractivity contribution in [3.63, 3.8) is 0 Å². The molecule has 1 saturated heterocycles. The lowest BCUT2D eigenvalue weighted by molar-refractivity contribution is -0.157. The minimum Gasteiger partial charge on any atom is -0.365 e. The predicted octanol–water partition coefficient (Wildman–Crippen LogP) is 4.91. The molecule has 2 aliphatic heterocycles. The number of carbonyl (C=O) groups excluding carboxylic acids is 1. The third-order valence-corrected chi connectivity index (χ3v) is 7.45. The number of piperidine rings is 1. The van der Waals surface area contributed by atoms with Gasteiger partial charge < -0.3 is 15.0 Å². The molecule has 2 aromatic carbocycles. The number of benzene rings is 2. The Bertz CT molecular complexity index is 1050. The third-order valence-electron chi connectivity index (χ3n) is 6.59. The Hall–Kier alpha value is -1.54. The summed E-state index contributed by atoms with van der Waals surface area (Å²) in [5.41, 5.74) is 1.14. The van der Waals surface area contributed by atoms with Crippen molar-refractivity contribution in [2.45, 2.75) is 44.1 Å². The molecule has 0 bridgehead atoms. The van der Waals surface area contributed by atoms with E-state index < -0.39 is 23.2 Å². The van der Waals surface area contributed by atoms with Gasteiger partial charge in [0.15, 0.2) is 11.6 Å². The van der Waals surface area contributed by atoms with Crippen molar-refractivity contribution < 1.29 is 18.3 Å². The minimum atomic E-state index is -0.944. The van der Waals surface area contributed by atoms with Crippen LogP contribution in [0.25, 0.3) is 0 Å². The van der Waals surface area contributed by atoms with Gasteiger partial charge in [-0.15, -0.1) is 0 Å². The van der Waals surface area contributed by atoms with E-state index >= 15 is 0 Å². The summed E-state index contributed by atoms with van der Waals surface area (Å²) in [6.07, 6.45) is 2.42. The second-order valence-electron chi connectivity index (χ2n) is 8.54. The predicted molar refractivity (Wildman–Crippen MR) is 117 cm³/mol. The number of nitrogens with one attached hydrogen (secondary N) is 1. The summed E-state index contributed by atoms with van der Waals surface area (Å²) in [5, 5.41) is 3.90. The van der Waals surface area contributed by atoms with Crippen LogP contribution < -0.4 is 5.32 Å². The molecule has 2 fully saturated rings. The van der Waals surface area contributed by atoms with E-state index in [9.17, 15) is 13.6 Å². The van der Waals surface area contributed by atoms with E-state index in [4.69, 9.17) is 16.3 Å². The highest BCUT2D eigenvalue weighted by atomic mass is 79.9. The van der Waals surface area contributed by atoms with Gasteiger partial charge in [0.1, 0.15) is 5.60 Å². The van der Waals surface area contributed by atoms with Gasteiger partial charge in [-0.3, -0.25) is 4.79 Å². The van der Waals surface area contributed by atoms with Gasteiger partial charge in [0, 0.05) is 28.6 Å². The average Bonchev–Trinajstić information content (AvgIpc) is 3.54. The summed E-state index contributed by atoms with van der Waals surface area (Å²) < 4.78 is 35.0. The first-order chi connectivity index (χ1) is 14.9. The van der Waals surface area contributed by atoms with Crippen LogP contribution in [-0.2, 0) is 28.3 Å². The van der Waals surface area contributed by atoms with Crippen LogP contribution in [0.2, 0.25) is 5.02 Å². The summed E-state index contributed by atoms with van der Waals surface area (Å²) in [7, 11) is 0. The van der Waals surface area contributed by atoms with E-state index in [-0.39, 0.29) is 18.6 Å². The second-order valence-corrected chi connectivity index (χ2v) is 9.86. The van der Waals surface area contributed by atoms with Crippen molar-refractivity contribution in [2.24, 2.45) is 5.92 Å². The lowest BCUT2D eigenvalue weighted by atomic mass is 9.75. The van der Waals surface area contributed by atoms with E-state index in [1.54, 1.807) is 0 Å². The van der Waals surface area contributed by atoms with Gasteiger partial charge in [0.2, 0.25) is 5.91 Å². The van der Waals surface area contributed by atoms with E-state index in [1.807, 2.05) is 23.1 Å². The first-order valence-corrected chi connectivity index (χ1v) is 11.6. The highest BCUT2D eigenvalue weighted by Crippen LogP contribution is 2.48. The molecule has 1 N–H and O–H groups in total. The van der Waals surface area contributed by atoms with Crippen molar-refractivity contribution in [3.8, 4) is 0 Å². The van der Waals surface area contributed by atoms with Gasteiger partial charge in [0.05, 0.1) is 12.5 Å². The molecule has 5 rings (SSSR count). The van der Waals surface area contributed by atoms with Crippen molar-refractivity contribution in [3.05, 3.63) is 68.2 Å². The van der Waals surface area contributed by atoms with Gasteiger partial charge in [-0.1, -0.05) is 27.5 Å². The molecule has 3 aliphatic rings. The molecule has 1 unspecified atom stereocenters. The number of hydrogen-bond acceptors (Lipinski definition) is 3. The zero-order chi connectivity index (χ0) is 21.8. The van der Waals surface area contributed by atoms with E-state index in [0.717, 1.165) is 22.9 Å². The monoisotopic (exact) mass is 510 g/mol. The largest absolute Gasteiger partial charge is 0.365 e. The van der Waals surface area contributed by atoms with Gasteiger partial charge >= 0.3 is 0 Å². The Morgan fingerprint density at radius 1 is 1.26 bits per heavy atom. The highest BCUT2D eigenvalue weighted by Gasteiger charge is 2.53. The SMILES string of the molecule is O=C(C1CNCC[C@@]12OCc1cc(F)c(F)cc12)N(Cc1cc(Br)ccc1Cl)C1CC1. The molecule has 2 heterocycles. The maximum atomic E-state index is 14.1. The first-order valence-electron chi connectivity index (χ1n) is 10.5. The van der Waals surface area contributed by atoms with Crippen LogP contribution in [0, 0.1) is 17.6 Å². The van der Waals surface area contributed by atoms with E-state index in [0.29, 0.717) is 42.2 Å². The molecule has 2 atom stereocenters. The molecule has 1 aliphatic carbocycles. The fourth-order valence-corrected chi connectivity index (χ4v) is 5.43. The van der Waals surface area contributed by atoms with E-state index in [2.05, 4.69) is 21.2 Å². The van der Waals surface area contributed by atoms with Crippen LogP contribution in [0.1, 0.15) is 36.0 Å². The van der Waals surface area contributed by atoms with Crippen molar-refractivity contribution >= 4 is 33.4 Å². The zero-order valence-electron chi connectivity index (χ0n) is 16.8. The Balaban J connectivity index is 1.50. The van der Waals surface area contributed by atoms with Crippen LogP contribution in [0.15, 0.2) is 34.8 Å². The summed E-state index contributed by atoms with van der Waals surface area (Å²) in [6.45, 7) is 1.64. The van der Waals surface area contributed by atoms with E-state index in [1.165, 1.54) is 12.1 Å². The Morgan fingerprint density at radius 3 is 2.81 bits per heavy atom. The molecule has 4 nitrogen and oxygen atoms in total. The highest BCUT2D eigenvalue weighted by molar-refractivity contribution is 9.10. The smallest absolute Gasteiger partial charge is 0.230 e. The number of fused-ring (bicyclic) bond motifs is 2. The zero-order valence-corrected chi connectivity index (χ0v) is 19.1. The summed E-state index contributed by atoms with van der Waals surface area (Å²) in [4.78, 5) is 15.8. The Labute approximate surface area is 193 Å². The topological polar surface area (TPSA) is 41.6 Å². The van der Waals surface area contributed by atoms with Crippen LogP contribution in [0.5, 0.6) is 0 Å². The van der Waals surface area contributed by atoms with Gasteiger partial charge in [-0.05, 0) is 72.8 Å². The molecule has 0 radical (unpaired) electrons. The number of halogens is 4. The van der Waals surface area contributed by atoms with Crippen molar-refractivity contribution in [1.29, 1.82) is 0 Å². The molecule has 8 heteroatoms. The number of rotatable bonds is 4. The number of hydrogen-bond donors (Lipinski definition) is 1. The molecule has 31 heavy (non-hydrogen) atoms. The van der Waals surface area contributed by atoms with Crippen LogP contribution in [-0.4, -0.2) is 29.9 Å². The lowest BCUT2D eigenvalue weighted by Crippen LogP contribution is -2.55. The fraction of sp³-hybridized carbons (Fsp3) is 0.435. The lowest BCUT2D eigenvalue weighted by Gasteiger charge is -2.43. The Kier molecular flexibility index (Phi) is 5.57. The maximum Gasteiger partial charge on any atom is 0.230 e. The van der Waals surface area contributed by atoms with Gasteiger partial charge in [-0.25, -0.2) is 8.78 Å². The standard InChI is InChI=1S/C23H22BrClF2N2O2/c24-15-1-4-19(25)13(7-15)11-29(16-2-3-16)22(30)18-10-28-6-5-23(18)17-9-21(27)20(26)8-14(17)12-31-23/h1,4,7-9,16,18,28H,2-3,5-6,10-12H2/t18?,23-/m0/s1. The van der Waals surface area contributed by atoms with Gasteiger partial charge in [0.25, 0.3) is 0 Å². The summed E-state index contributed by atoms with van der Waals surface area (Å²) in [5.74, 6) is -2.37. The molecular formula is C23H22BrClF2N2O2. The molecule has 0 aromatic heterocycles. The minimum absolute atomic E-state index is 0.0386. The number of nitrogens with zero attached hydrogens (tertiary/aromatic N) is 1. The molecule has 1 spiro atoms. The Morgan fingerprint density at radius 2 is 2.03 bits per heavy atom. The molecule has 164 valence electrons.